The van der Waals surface area contributed by atoms with Gasteiger partial charge in [-0.15, -0.1) is 0 Å². The zero-order valence-corrected chi connectivity index (χ0v) is 17.6. The number of rotatable bonds is 9. The average Bonchev–Trinajstić information content (AvgIpc) is 2.67. The van der Waals surface area contributed by atoms with Crippen molar-refractivity contribution in [2.45, 2.75) is 52.6 Å². The molecule has 2 aromatic carbocycles. The van der Waals surface area contributed by atoms with Crippen molar-refractivity contribution in [2.75, 3.05) is 6.54 Å². The van der Waals surface area contributed by atoms with E-state index in [1.165, 1.54) is 0 Å². The minimum Gasteiger partial charge on any atom is -0.354 e. The molecule has 0 saturated heterocycles. The molecule has 2 aromatic rings. The van der Waals surface area contributed by atoms with Gasteiger partial charge in [0.25, 0.3) is 0 Å². The number of halogens is 1. The highest BCUT2D eigenvalue weighted by molar-refractivity contribution is 6.31. The molecule has 5 heteroatoms. The second kappa shape index (κ2) is 10.9. The highest BCUT2D eigenvalue weighted by Crippen LogP contribution is 2.20. The van der Waals surface area contributed by atoms with Crippen LogP contribution in [0.15, 0.2) is 48.5 Å². The molecule has 1 atom stereocenters. The number of aryl methyl sites for hydroxylation is 1. The molecule has 0 heterocycles. The van der Waals surface area contributed by atoms with Crippen LogP contribution in [-0.4, -0.2) is 29.3 Å². The lowest BCUT2D eigenvalue weighted by molar-refractivity contribution is -0.140. The van der Waals surface area contributed by atoms with Crippen molar-refractivity contribution in [3.8, 4) is 0 Å². The maximum Gasteiger partial charge on any atom is 0.242 e. The molecule has 2 amide bonds. The predicted octanol–water partition coefficient (Wildman–Crippen LogP) is 4.52. The van der Waals surface area contributed by atoms with Crippen LogP contribution in [0.5, 0.6) is 0 Å². The molecule has 1 N–H and O–H groups in total. The second-order valence-electron chi connectivity index (χ2n) is 6.99. The van der Waals surface area contributed by atoms with Gasteiger partial charge in [-0.3, -0.25) is 9.59 Å². The maximum absolute atomic E-state index is 13.2. The van der Waals surface area contributed by atoms with Gasteiger partial charge in [-0.25, -0.2) is 0 Å². The van der Waals surface area contributed by atoms with E-state index >= 15 is 0 Å². The monoisotopic (exact) mass is 400 g/mol. The Morgan fingerprint density at radius 2 is 1.86 bits per heavy atom. The van der Waals surface area contributed by atoms with E-state index in [1.54, 1.807) is 11.0 Å². The second-order valence-corrected chi connectivity index (χ2v) is 7.40. The summed E-state index contributed by atoms with van der Waals surface area (Å²) in [7, 11) is 0. The Kier molecular flexibility index (Phi) is 8.52. The molecule has 0 spiro atoms. The molecule has 28 heavy (non-hydrogen) atoms. The normalized spacial score (nSPS) is 11.7. The van der Waals surface area contributed by atoms with Gasteiger partial charge in [0.1, 0.15) is 6.04 Å². The fraction of sp³-hybridized carbons (Fsp3) is 0.391. The molecule has 0 aliphatic carbocycles. The SMILES string of the molecule is CCCNC(=O)C(CC)N(Cc1ccccc1Cl)C(=O)Cc1cccc(C)c1. The third-order valence-electron chi connectivity index (χ3n) is 4.67. The van der Waals surface area contributed by atoms with Gasteiger partial charge in [0.05, 0.1) is 6.42 Å². The van der Waals surface area contributed by atoms with Crippen LogP contribution < -0.4 is 5.32 Å². The van der Waals surface area contributed by atoms with Crippen molar-refractivity contribution in [3.63, 3.8) is 0 Å². The Labute approximate surface area is 172 Å². The van der Waals surface area contributed by atoms with E-state index in [-0.39, 0.29) is 18.2 Å². The molecule has 0 aliphatic heterocycles. The Morgan fingerprint density at radius 1 is 1.11 bits per heavy atom. The van der Waals surface area contributed by atoms with Gasteiger partial charge in [0.2, 0.25) is 11.8 Å². The molecule has 0 radical (unpaired) electrons. The van der Waals surface area contributed by atoms with Crippen LogP contribution in [-0.2, 0) is 22.6 Å². The van der Waals surface area contributed by atoms with E-state index < -0.39 is 6.04 Å². The first-order valence-corrected chi connectivity index (χ1v) is 10.2. The molecular formula is C23H29ClN2O2. The summed E-state index contributed by atoms with van der Waals surface area (Å²) in [4.78, 5) is 27.6. The molecule has 2 rings (SSSR count). The topological polar surface area (TPSA) is 49.4 Å². The fourth-order valence-corrected chi connectivity index (χ4v) is 3.39. The lowest BCUT2D eigenvalue weighted by Crippen LogP contribution is -2.49. The van der Waals surface area contributed by atoms with Gasteiger partial charge < -0.3 is 10.2 Å². The number of nitrogens with one attached hydrogen (secondary N) is 1. The quantitative estimate of drug-likeness (QED) is 0.672. The maximum atomic E-state index is 13.2. The molecule has 0 fully saturated rings. The van der Waals surface area contributed by atoms with E-state index in [9.17, 15) is 9.59 Å². The number of hydrogen-bond acceptors (Lipinski definition) is 2. The van der Waals surface area contributed by atoms with E-state index in [2.05, 4.69) is 5.32 Å². The van der Waals surface area contributed by atoms with Gasteiger partial charge in [-0.1, -0.05) is 73.5 Å². The summed E-state index contributed by atoms with van der Waals surface area (Å²) in [5, 5.41) is 3.52. The summed E-state index contributed by atoms with van der Waals surface area (Å²) in [6, 6.07) is 14.8. The summed E-state index contributed by atoms with van der Waals surface area (Å²) in [5.41, 5.74) is 2.89. The van der Waals surface area contributed by atoms with Gasteiger partial charge in [-0.05, 0) is 37.0 Å². The summed E-state index contributed by atoms with van der Waals surface area (Å²) in [6.07, 6.45) is 1.65. The molecule has 1 unspecified atom stereocenters. The van der Waals surface area contributed by atoms with Gasteiger partial charge in [0, 0.05) is 18.1 Å². The predicted molar refractivity (Wildman–Crippen MR) is 114 cm³/mol. The third kappa shape index (κ3) is 6.10. The lowest BCUT2D eigenvalue weighted by atomic mass is 10.1. The minimum absolute atomic E-state index is 0.0796. The van der Waals surface area contributed by atoms with Crippen LogP contribution >= 0.6 is 11.6 Å². The number of benzene rings is 2. The first kappa shape index (κ1) is 22.0. The van der Waals surface area contributed by atoms with Gasteiger partial charge >= 0.3 is 0 Å². The minimum atomic E-state index is -0.528. The summed E-state index contributed by atoms with van der Waals surface area (Å²) < 4.78 is 0. The van der Waals surface area contributed by atoms with Crippen LogP contribution in [0.25, 0.3) is 0 Å². The van der Waals surface area contributed by atoms with Crippen molar-refractivity contribution in [3.05, 3.63) is 70.2 Å². The number of amides is 2. The Balaban J connectivity index is 2.29. The van der Waals surface area contributed by atoms with Crippen molar-refractivity contribution in [1.82, 2.24) is 10.2 Å². The molecule has 0 aliphatic rings. The highest BCUT2D eigenvalue weighted by atomic mass is 35.5. The standard InChI is InChI=1S/C23H29ClN2O2/c1-4-13-25-23(28)21(5-2)26(16-19-11-6-7-12-20(19)24)22(27)15-18-10-8-9-17(3)14-18/h6-12,14,21H,4-5,13,15-16H2,1-3H3,(H,25,28). The smallest absolute Gasteiger partial charge is 0.242 e. The van der Waals surface area contributed by atoms with E-state index in [0.29, 0.717) is 24.5 Å². The molecule has 0 aromatic heterocycles. The largest absolute Gasteiger partial charge is 0.354 e. The van der Waals surface area contributed by atoms with Gasteiger partial charge in [0.15, 0.2) is 0 Å². The van der Waals surface area contributed by atoms with Crippen molar-refractivity contribution in [1.29, 1.82) is 0 Å². The average molecular weight is 401 g/mol. The molecular weight excluding hydrogens is 372 g/mol. The first-order valence-electron chi connectivity index (χ1n) is 9.82. The van der Waals surface area contributed by atoms with Gasteiger partial charge in [-0.2, -0.15) is 0 Å². The summed E-state index contributed by atoms with van der Waals surface area (Å²) in [5.74, 6) is -0.196. The van der Waals surface area contributed by atoms with Crippen molar-refractivity contribution < 1.29 is 9.59 Å². The number of carbonyl (C=O) groups excluding carboxylic acids is 2. The molecule has 0 saturated carbocycles. The van der Waals surface area contributed by atoms with E-state index in [4.69, 9.17) is 11.6 Å². The summed E-state index contributed by atoms with van der Waals surface area (Å²) >= 11 is 6.33. The van der Waals surface area contributed by atoms with Crippen LogP contribution in [0.3, 0.4) is 0 Å². The zero-order valence-electron chi connectivity index (χ0n) is 16.9. The lowest BCUT2D eigenvalue weighted by Gasteiger charge is -2.31. The van der Waals surface area contributed by atoms with Crippen LogP contribution in [0.4, 0.5) is 0 Å². The van der Waals surface area contributed by atoms with Crippen LogP contribution in [0.1, 0.15) is 43.4 Å². The van der Waals surface area contributed by atoms with E-state index in [0.717, 1.165) is 23.1 Å². The summed E-state index contributed by atoms with van der Waals surface area (Å²) in [6.45, 7) is 6.84. The number of hydrogen-bond donors (Lipinski definition) is 1. The molecule has 4 nitrogen and oxygen atoms in total. The molecule has 0 bridgehead atoms. The zero-order chi connectivity index (χ0) is 20.5. The Hall–Kier alpha value is -2.33. The molecule has 150 valence electrons. The van der Waals surface area contributed by atoms with Crippen LogP contribution in [0, 0.1) is 6.92 Å². The van der Waals surface area contributed by atoms with E-state index in [1.807, 2.05) is 63.2 Å². The number of carbonyl (C=O) groups is 2. The Morgan fingerprint density at radius 3 is 2.50 bits per heavy atom. The van der Waals surface area contributed by atoms with Crippen molar-refractivity contribution in [2.24, 2.45) is 0 Å². The number of nitrogens with zero attached hydrogens (tertiary/aromatic N) is 1. The highest BCUT2D eigenvalue weighted by Gasteiger charge is 2.28. The van der Waals surface area contributed by atoms with Crippen molar-refractivity contribution >= 4 is 23.4 Å². The first-order chi connectivity index (χ1) is 13.5. The Bertz CT molecular complexity index is 807. The fourth-order valence-electron chi connectivity index (χ4n) is 3.19. The third-order valence-corrected chi connectivity index (χ3v) is 5.04. The van der Waals surface area contributed by atoms with Crippen LogP contribution in [0.2, 0.25) is 5.02 Å².